The van der Waals surface area contributed by atoms with E-state index in [1.807, 2.05) is 28.9 Å². The van der Waals surface area contributed by atoms with E-state index in [4.69, 9.17) is 9.47 Å². The molecule has 1 atom stereocenters. The van der Waals surface area contributed by atoms with Crippen LogP contribution in [0.1, 0.15) is 37.3 Å². The highest BCUT2D eigenvalue weighted by molar-refractivity contribution is 5.49. The van der Waals surface area contributed by atoms with Crippen molar-refractivity contribution in [1.29, 1.82) is 0 Å². The van der Waals surface area contributed by atoms with Gasteiger partial charge in [0, 0.05) is 31.9 Å². The fraction of sp³-hybridized carbons (Fsp3) is 0.435. The number of hydrogen-bond donors (Lipinski definition) is 0. The van der Waals surface area contributed by atoms with Gasteiger partial charge >= 0.3 is 0 Å². The molecule has 0 aliphatic carbocycles. The molecule has 0 radical (unpaired) electrons. The van der Waals surface area contributed by atoms with Crippen molar-refractivity contribution in [2.24, 2.45) is 0 Å². The summed E-state index contributed by atoms with van der Waals surface area (Å²) >= 11 is 0. The van der Waals surface area contributed by atoms with Gasteiger partial charge < -0.3 is 14.4 Å². The molecule has 31 heavy (non-hydrogen) atoms. The minimum absolute atomic E-state index is 0.0127. The third-order valence-corrected chi connectivity index (χ3v) is 5.80. The van der Waals surface area contributed by atoms with Crippen LogP contribution in [0.3, 0.4) is 0 Å². The average Bonchev–Trinajstić information content (AvgIpc) is 3.30. The van der Waals surface area contributed by atoms with Crippen molar-refractivity contribution in [3.05, 3.63) is 59.9 Å². The summed E-state index contributed by atoms with van der Waals surface area (Å²) in [5, 5.41) is 12.7. The molecule has 164 valence electrons. The predicted octanol–water partition coefficient (Wildman–Crippen LogP) is 3.18. The fourth-order valence-electron chi connectivity index (χ4n) is 4.09. The van der Waals surface area contributed by atoms with Crippen LogP contribution in [0, 0.1) is 0 Å². The van der Waals surface area contributed by atoms with Crippen LogP contribution in [0.25, 0.3) is 0 Å². The van der Waals surface area contributed by atoms with Gasteiger partial charge in [0.2, 0.25) is 0 Å². The Morgan fingerprint density at radius 1 is 0.806 bits per heavy atom. The lowest BCUT2D eigenvalue weighted by Gasteiger charge is -2.40. The molecule has 1 saturated heterocycles. The number of benzene rings is 2. The maximum Gasteiger partial charge on any atom is 0.173 e. The molecular formula is C23H30N6O2. The van der Waals surface area contributed by atoms with Crippen LogP contribution in [-0.2, 0) is 0 Å². The minimum atomic E-state index is -0.0127. The largest absolute Gasteiger partial charge is 0.497 e. The molecule has 1 fully saturated rings. The Kier molecular flexibility index (Phi) is 6.36. The summed E-state index contributed by atoms with van der Waals surface area (Å²) in [7, 11) is 3.38. The number of nitrogens with zero attached hydrogens (tertiary/aromatic N) is 6. The van der Waals surface area contributed by atoms with E-state index in [9.17, 15) is 0 Å². The molecule has 3 aromatic rings. The number of anilines is 1. The molecular weight excluding hydrogens is 392 g/mol. The van der Waals surface area contributed by atoms with Gasteiger partial charge in [-0.05, 0) is 66.2 Å². The van der Waals surface area contributed by atoms with Crippen molar-refractivity contribution < 1.29 is 9.47 Å². The summed E-state index contributed by atoms with van der Waals surface area (Å²) in [6, 6.07) is 16.7. The first-order chi connectivity index (χ1) is 15.1. The van der Waals surface area contributed by atoms with Crippen LogP contribution in [0.5, 0.6) is 11.5 Å². The third-order valence-electron chi connectivity index (χ3n) is 5.80. The van der Waals surface area contributed by atoms with Gasteiger partial charge in [0.05, 0.1) is 26.3 Å². The summed E-state index contributed by atoms with van der Waals surface area (Å²) in [6.07, 6.45) is 0. The van der Waals surface area contributed by atoms with Gasteiger partial charge in [0.25, 0.3) is 0 Å². The summed E-state index contributed by atoms with van der Waals surface area (Å²) in [4.78, 5) is 4.87. The van der Waals surface area contributed by atoms with E-state index in [0.717, 1.165) is 49.1 Å². The topological polar surface area (TPSA) is 68.5 Å². The van der Waals surface area contributed by atoms with Gasteiger partial charge in [0.1, 0.15) is 11.5 Å². The fourth-order valence-corrected chi connectivity index (χ4v) is 4.09. The van der Waals surface area contributed by atoms with Crippen molar-refractivity contribution in [3.8, 4) is 11.5 Å². The van der Waals surface area contributed by atoms with E-state index in [1.165, 1.54) is 5.69 Å². The number of piperazine rings is 1. The van der Waals surface area contributed by atoms with Crippen LogP contribution in [-0.4, -0.2) is 65.5 Å². The number of aromatic nitrogens is 4. The molecule has 8 heteroatoms. The van der Waals surface area contributed by atoms with E-state index >= 15 is 0 Å². The quantitative estimate of drug-likeness (QED) is 0.579. The second kappa shape index (κ2) is 9.34. The maximum atomic E-state index is 5.35. The highest BCUT2D eigenvalue weighted by atomic mass is 16.5. The molecule has 0 unspecified atom stereocenters. The third kappa shape index (κ3) is 4.49. The van der Waals surface area contributed by atoms with E-state index in [1.54, 1.807) is 14.2 Å². The molecule has 0 amide bonds. The second-order valence-corrected chi connectivity index (χ2v) is 7.97. The molecule has 1 aromatic heterocycles. The van der Waals surface area contributed by atoms with E-state index in [0.29, 0.717) is 0 Å². The van der Waals surface area contributed by atoms with Crippen molar-refractivity contribution in [3.63, 3.8) is 0 Å². The number of methoxy groups -OCH3 is 2. The lowest BCUT2D eigenvalue weighted by atomic mass is 10.0. The van der Waals surface area contributed by atoms with Gasteiger partial charge in [0.15, 0.2) is 5.82 Å². The number of hydrogen-bond acceptors (Lipinski definition) is 7. The molecule has 4 rings (SSSR count). The highest BCUT2D eigenvalue weighted by Gasteiger charge is 2.31. The SMILES string of the molecule is COc1ccc([C@@H](c2nnnn2C(C)C)N2CCN(c3ccc(OC)cc3)CC2)cc1. The monoisotopic (exact) mass is 422 g/mol. The van der Waals surface area contributed by atoms with Crippen LogP contribution in [0.15, 0.2) is 48.5 Å². The van der Waals surface area contributed by atoms with Gasteiger partial charge in [-0.25, -0.2) is 4.68 Å². The zero-order valence-electron chi connectivity index (χ0n) is 18.6. The number of ether oxygens (including phenoxy) is 2. The Balaban J connectivity index is 1.57. The van der Waals surface area contributed by atoms with E-state index < -0.39 is 0 Å². The summed E-state index contributed by atoms with van der Waals surface area (Å²) in [5.74, 6) is 2.59. The summed E-state index contributed by atoms with van der Waals surface area (Å²) in [6.45, 7) is 7.89. The average molecular weight is 423 g/mol. The maximum absolute atomic E-state index is 5.35. The Labute approximate surface area is 183 Å². The van der Waals surface area contributed by atoms with E-state index in [2.05, 4.69) is 63.4 Å². The zero-order chi connectivity index (χ0) is 21.8. The van der Waals surface area contributed by atoms with Crippen molar-refractivity contribution in [1.82, 2.24) is 25.1 Å². The molecule has 1 aliphatic rings. The van der Waals surface area contributed by atoms with Crippen LogP contribution in [0.2, 0.25) is 0 Å². The van der Waals surface area contributed by atoms with Crippen molar-refractivity contribution >= 4 is 5.69 Å². The molecule has 0 N–H and O–H groups in total. The van der Waals surface area contributed by atoms with Crippen LogP contribution in [0.4, 0.5) is 5.69 Å². The Hall–Kier alpha value is -3.13. The van der Waals surface area contributed by atoms with Gasteiger partial charge in [-0.1, -0.05) is 12.1 Å². The normalized spacial score (nSPS) is 15.8. The van der Waals surface area contributed by atoms with Crippen LogP contribution < -0.4 is 14.4 Å². The van der Waals surface area contributed by atoms with Gasteiger partial charge in [-0.2, -0.15) is 0 Å². The highest BCUT2D eigenvalue weighted by Crippen LogP contribution is 2.31. The Morgan fingerprint density at radius 3 is 1.94 bits per heavy atom. The van der Waals surface area contributed by atoms with E-state index in [-0.39, 0.29) is 12.1 Å². The first kappa shape index (κ1) is 21.1. The van der Waals surface area contributed by atoms with Gasteiger partial charge in [-0.15, -0.1) is 5.10 Å². The molecule has 1 aliphatic heterocycles. The smallest absolute Gasteiger partial charge is 0.173 e. The molecule has 0 saturated carbocycles. The van der Waals surface area contributed by atoms with Crippen molar-refractivity contribution in [2.45, 2.75) is 25.9 Å². The standard InChI is InChI=1S/C23H30N6O2/c1-17(2)29-23(24-25-26-29)22(18-5-9-20(30-3)10-6-18)28-15-13-27(14-16-28)19-7-11-21(31-4)12-8-19/h5-12,17,22H,13-16H2,1-4H3/t22-/m0/s1. The minimum Gasteiger partial charge on any atom is -0.497 e. The molecule has 8 nitrogen and oxygen atoms in total. The lowest BCUT2D eigenvalue weighted by Crippen LogP contribution is -2.48. The first-order valence-electron chi connectivity index (χ1n) is 10.7. The second-order valence-electron chi connectivity index (χ2n) is 7.97. The van der Waals surface area contributed by atoms with Gasteiger partial charge in [-0.3, -0.25) is 4.90 Å². The van der Waals surface area contributed by atoms with Crippen LogP contribution >= 0.6 is 0 Å². The molecule has 0 spiro atoms. The zero-order valence-corrected chi connectivity index (χ0v) is 18.6. The number of tetrazole rings is 1. The Morgan fingerprint density at radius 2 is 1.39 bits per heavy atom. The predicted molar refractivity (Wildman–Crippen MR) is 120 cm³/mol. The van der Waals surface area contributed by atoms with Crippen molar-refractivity contribution in [2.75, 3.05) is 45.3 Å². The molecule has 2 heterocycles. The lowest BCUT2D eigenvalue weighted by molar-refractivity contribution is 0.199. The molecule has 2 aromatic carbocycles. The first-order valence-corrected chi connectivity index (χ1v) is 10.7. The Bertz CT molecular complexity index is 962. The summed E-state index contributed by atoms with van der Waals surface area (Å²) < 4.78 is 12.6. The number of rotatable bonds is 7. The molecule has 0 bridgehead atoms. The summed E-state index contributed by atoms with van der Waals surface area (Å²) in [5.41, 5.74) is 2.38.